The summed E-state index contributed by atoms with van der Waals surface area (Å²) >= 11 is 8.12. The van der Waals surface area contributed by atoms with Crippen LogP contribution in [0.25, 0.3) is 0 Å². The Kier molecular flexibility index (Phi) is 5.44. The molecule has 140 valence electrons. The van der Waals surface area contributed by atoms with Crippen LogP contribution in [-0.4, -0.2) is 41.7 Å². The van der Waals surface area contributed by atoms with Gasteiger partial charge in [-0.2, -0.15) is 0 Å². The molecule has 2 aromatic rings. The summed E-state index contributed by atoms with van der Waals surface area (Å²) in [5.41, 5.74) is 4.74. The van der Waals surface area contributed by atoms with Crippen molar-refractivity contribution in [3.05, 3.63) is 40.0 Å². The van der Waals surface area contributed by atoms with Crippen LogP contribution in [0.2, 0.25) is 5.02 Å². The average Bonchev–Trinajstić information content (AvgIpc) is 3.00. The molecule has 0 unspecified atom stereocenters. The Morgan fingerprint density at radius 1 is 1.31 bits per heavy atom. The highest BCUT2D eigenvalue weighted by Crippen LogP contribution is 2.38. The van der Waals surface area contributed by atoms with Gasteiger partial charge in [0.1, 0.15) is 10.6 Å². The van der Waals surface area contributed by atoms with Gasteiger partial charge in [0, 0.05) is 20.1 Å². The van der Waals surface area contributed by atoms with E-state index in [0.29, 0.717) is 18.1 Å². The standard InChI is InChI=1S/C19H24ClN3O2S/c1-19(2,3)25-18(24)23-9-7-13-5-6-15(20)17(14(13)8-10-23)22(4)16-11-21-12-26-16/h5-6,11-12H,7-10H2,1-4H3. The fraction of sp³-hybridized carbons (Fsp3) is 0.474. The lowest BCUT2D eigenvalue weighted by Crippen LogP contribution is -2.38. The zero-order valence-corrected chi connectivity index (χ0v) is 17.2. The van der Waals surface area contributed by atoms with Crippen LogP contribution in [-0.2, 0) is 17.6 Å². The number of fused-ring (bicyclic) bond motifs is 1. The van der Waals surface area contributed by atoms with Crippen molar-refractivity contribution in [2.75, 3.05) is 25.0 Å². The SMILES string of the molecule is CN(c1cncs1)c1c(Cl)ccc2c1CCN(C(=O)OC(C)(C)C)CC2. The van der Waals surface area contributed by atoms with E-state index in [-0.39, 0.29) is 6.09 Å². The van der Waals surface area contributed by atoms with Crippen molar-refractivity contribution < 1.29 is 9.53 Å². The number of thiazole rings is 1. The van der Waals surface area contributed by atoms with Gasteiger partial charge in [0.05, 0.1) is 22.4 Å². The average molecular weight is 394 g/mol. The highest BCUT2D eigenvalue weighted by molar-refractivity contribution is 7.13. The van der Waals surface area contributed by atoms with Gasteiger partial charge >= 0.3 is 6.09 Å². The van der Waals surface area contributed by atoms with Crippen molar-refractivity contribution >= 4 is 39.7 Å². The fourth-order valence-electron chi connectivity index (χ4n) is 3.13. The van der Waals surface area contributed by atoms with Gasteiger partial charge in [0.15, 0.2) is 0 Å². The Balaban J connectivity index is 1.86. The van der Waals surface area contributed by atoms with Crippen LogP contribution in [0.1, 0.15) is 31.9 Å². The van der Waals surface area contributed by atoms with Crippen molar-refractivity contribution in [1.29, 1.82) is 0 Å². The number of aromatic nitrogens is 1. The zero-order valence-electron chi connectivity index (χ0n) is 15.6. The normalized spacial score (nSPS) is 14.6. The van der Waals surface area contributed by atoms with Gasteiger partial charge in [0.2, 0.25) is 0 Å². The Morgan fingerprint density at radius 3 is 2.69 bits per heavy atom. The van der Waals surface area contributed by atoms with Crippen molar-refractivity contribution in [2.45, 2.75) is 39.2 Å². The molecular weight excluding hydrogens is 370 g/mol. The molecule has 3 rings (SSSR count). The lowest BCUT2D eigenvalue weighted by Gasteiger charge is -2.26. The van der Waals surface area contributed by atoms with E-state index < -0.39 is 5.60 Å². The van der Waals surface area contributed by atoms with Gasteiger partial charge in [-0.05, 0) is 50.8 Å². The van der Waals surface area contributed by atoms with Gasteiger partial charge in [-0.25, -0.2) is 4.79 Å². The Labute approximate surface area is 163 Å². The first-order valence-electron chi connectivity index (χ1n) is 8.66. The second-order valence-corrected chi connectivity index (χ2v) is 8.67. The first kappa shape index (κ1) is 19.0. The maximum Gasteiger partial charge on any atom is 0.410 e. The summed E-state index contributed by atoms with van der Waals surface area (Å²) in [5, 5.41) is 1.75. The van der Waals surface area contributed by atoms with Crippen LogP contribution in [0.15, 0.2) is 23.8 Å². The molecule has 0 spiro atoms. The number of benzene rings is 1. The summed E-state index contributed by atoms with van der Waals surface area (Å²) < 4.78 is 5.54. The maximum atomic E-state index is 12.5. The van der Waals surface area contributed by atoms with Gasteiger partial charge < -0.3 is 14.5 Å². The quantitative estimate of drug-likeness (QED) is 0.727. The largest absolute Gasteiger partial charge is 0.444 e. The van der Waals surface area contributed by atoms with Crippen molar-refractivity contribution in [3.8, 4) is 0 Å². The molecule has 1 aromatic heterocycles. The highest BCUT2D eigenvalue weighted by Gasteiger charge is 2.26. The van der Waals surface area contributed by atoms with Crippen LogP contribution in [0, 0.1) is 0 Å². The number of hydrogen-bond acceptors (Lipinski definition) is 5. The molecule has 0 aliphatic carbocycles. The minimum Gasteiger partial charge on any atom is -0.444 e. The highest BCUT2D eigenvalue weighted by atomic mass is 35.5. The number of hydrogen-bond donors (Lipinski definition) is 0. The van der Waals surface area contributed by atoms with E-state index in [1.165, 1.54) is 11.1 Å². The van der Waals surface area contributed by atoms with Crippen molar-refractivity contribution in [3.63, 3.8) is 0 Å². The second-order valence-electron chi connectivity index (χ2n) is 7.40. The first-order chi connectivity index (χ1) is 12.3. The van der Waals surface area contributed by atoms with E-state index >= 15 is 0 Å². The molecular formula is C19H24ClN3O2S. The zero-order chi connectivity index (χ0) is 18.9. The predicted molar refractivity (Wildman–Crippen MR) is 107 cm³/mol. The van der Waals surface area contributed by atoms with E-state index in [2.05, 4.69) is 16.0 Å². The second kappa shape index (κ2) is 7.45. The number of halogens is 1. The third-order valence-corrected chi connectivity index (χ3v) is 5.50. The number of anilines is 2. The van der Waals surface area contributed by atoms with Gasteiger partial charge in [-0.1, -0.05) is 17.7 Å². The van der Waals surface area contributed by atoms with Crippen molar-refractivity contribution in [2.24, 2.45) is 0 Å². The smallest absolute Gasteiger partial charge is 0.410 e. The fourth-order valence-corrected chi connectivity index (χ4v) is 4.04. The molecule has 5 nitrogen and oxygen atoms in total. The van der Waals surface area contributed by atoms with E-state index in [4.69, 9.17) is 16.3 Å². The third kappa shape index (κ3) is 4.13. The van der Waals surface area contributed by atoms with Crippen LogP contribution in [0.3, 0.4) is 0 Å². The molecule has 7 heteroatoms. The third-order valence-electron chi connectivity index (χ3n) is 4.35. The molecule has 0 N–H and O–H groups in total. The van der Waals surface area contributed by atoms with Crippen LogP contribution < -0.4 is 4.90 Å². The van der Waals surface area contributed by atoms with E-state index in [0.717, 1.165) is 23.5 Å². The van der Waals surface area contributed by atoms with Gasteiger partial charge in [-0.3, -0.25) is 4.98 Å². The molecule has 0 atom stereocenters. The number of carbonyl (C=O) groups excluding carboxylic acids is 1. The number of nitrogens with zero attached hydrogens (tertiary/aromatic N) is 3. The molecule has 2 heterocycles. The summed E-state index contributed by atoms with van der Waals surface area (Å²) in [6.45, 7) is 6.93. The molecule has 1 aliphatic heterocycles. The lowest BCUT2D eigenvalue weighted by atomic mass is 10.0. The minimum absolute atomic E-state index is 0.256. The Bertz CT molecular complexity index is 787. The topological polar surface area (TPSA) is 45.7 Å². The van der Waals surface area contributed by atoms with Crippen LogP contribution in [0.4, 0.5) is 15.5 Å². The Hall–Kier alpha value is -1.79. The summed E-state index contributed by atoms with van der Waals surface area (Å²) in [4.78, 5) is 20.5. The molecule has 1 aromatic carbocycles. The van der Waals surface area contributed by atoms with Gasteiger partial charge in [-0.15, -0.1) is 11.3 Å². The Morgan fingerprint density at radius 2 is 2.04 bits per heavy atom. The molecule has 0 saturated carbocycles. The molecule has 26 heavy (non-hydrogen) atoms. The molecule has 0 fully saturated rings. The molecule has 0 saturated heterocycles. The maximum absolute atomic E-state index is 12.5. The molecule has 0 bridgehead atoms. The van der Waals surface area contributed by atoms with Crippen LogP contribution >= 0.6 is 22.9 Å². The summed E-state index contributed by atoms with van der Waals surface area (Å²) in [7, 11) is 2.01. The number of carbonyl (C=O) groups is 1. The lowest BCUT2D eigenvalue weighted by molar-refractivity contribution is 0.0258. The van der Waals surface area contributed by atoms with E-state index in [1.54, 1.807) is 16.2 Å². The molecule has 1 amide bonds. The molecule has 0 radical (unpaired) electrons. The number of amides is 1. The summed E-state index contributed by atoms with van der Waals surface area (Å²) in [6.07, 6.45) is 3.11. The monoisotopic (exact) mass is 393 g/mol. The van der Waals surface area contributed by atoms with E-state index in [9.17, 15) is 4.79 Å². The number of ether oxygens (including phenoxy) is 1. The van der Waals surface area contributed by atoms with Crippen LogP contribution in [0.5, 0.6) is 0 Å². The minimum atomic E-state index is -0.489. The molecule has 1 aliphatic rings. The summed E-state index contributed by atoms with van der Waals surface area (Å²) in [6, 6.07) is 4.01. The predicted octanol–water partition coefficient (Wildman–Crippen LogP) is 4.90. The summed E-state index contributed by atoms with van der Waals surface area (Å²) in [5.74, 6) is 0. The van der Waals surface area contributed by atoms with Crippen molar-refractivity contribution in [1.82, 2.24) is 9.88 Å². The first-order valence-corrected chi connectivity index (χ1v) is 9.92. The van der Waals surface area contributed by atoms with E-state index in [1.807, 2.05) is 45.6 Å². The van der Waals surface area contributed by atoms with Gasteiger partial charge in [0.25, 0.3) is 0 Å². The number of rotatable bonds is 2.